The molecule has 1 aromatic heterocycles. The highest BCUT2D eigenvalue weighted by Gasteiger charge is 2.22. The lowest BCUT2D eigenvalue weighted by atomic mass is 10.1. The first-order valence-electron chi connectivity index (χ1n) is 10.8. The summed E-state index contributed by atoms with van der Waals surface area (Å²) < 4.78 is 6.08. The van der Waals surface area contributed by atoms with Gasteiger partial charge >= 0.3 is 0 Å². The van der Waals surface area contributed by atoms with E-state index in [1.165, 1.54) is 18.8 Å². The van der Waals surface area contributed by atoms with E-state index >= 15 is 0 Å². The van der Waals surface area contributed by atoms with Crippen molar-refractivity contribution in [2.45, 2.75) is 39.4 Å². The lowest BCUT2D eigenvalue weighted by molar-refractivity contribution is -0.114. The number of anilines is 4. The first kappa shape index (κ1) is 21.7. The van der Waals surface area contributed by atoms with E-state index < -0.39 is 0 Å². The van der Waals surface area contributed by atoms with Gasteiger partial charge in [0, 0.05) is 31.4 Å². The molecule has 8 nitrogen and oxygen atoms in total. The Morgan fingerprint density at radius 2 is 1.84 bits per heavy atom. The Hall–Kier alpha value is -3.52. The van der Waals surface area contributed by atoms with Crippen molar-refractivity contribution in [1.82, 2.24) is 15.0 Å². The van der Waals surface area contributed by atoms with Gasteiger partial charge in [0.1, 0.15) is 6.33 Å². The van der Waals surface area contributed by atoms with Crippen molar-refractivity contribution < 1.29 is 9.53 Å². The highest BCUT2D eigenvalue weighted by Crippen LogP contribution is 2.23. The Bertz CT molecular complexity index is 1050. The summed E-state index contributed by atoms with van der Waals surface area (Å²) in [6.45, 7) is 5.77. The number of aromatic nitrogens is 3. The maximum absolute atomic E-state index is 11.4. The van der Waals surface area contributed by atoms with Crippen LogP contribution in [0.25, 0.3) is 0 Å². The molecule has 1 saturated heterocycles. The van der Waals surface area contributed by atoms with E-state index in [-0.39, 0.29) is 12.0 Å². The van der Waals surface area contributed by atoms with E-state index in [1.54, 1.807) is 0 Å². The Balaban J connectivity index is 1.34. The molecule has 0 saturated carbocycles. The Morgan fingerprint density at radius 1 is 1.09 bits per heavy atom. The minimum Gasteiger partial charge on any atom is -0.373 e. The molecule has 0 unspecified atom stereocenters. The van der Waals surface area contributed by atoms with Crippen LogP contribution < -0.4 is 15.5 Å². The third-order valence-corrected chi connectivity index (χ3v) is 5.27. The van der Waals surface area contributed by atoms with Crippen molar-refractivity contribution in [3.63, 3.8) is 0 Å². The quantitative estimate of drug-likeness (QED) is 0.581. The van der Waals surface area contributed by atoms with Crippen molar-refractivity contribution in [3.05, 3.63) is 66.0 Å². The molecule has 32 heavy (non-hydrogen) atoms. The number of nitrogens with one attached hydrogen (secondary N) is 2. The van der Waals surface area contributed by atoms with Crippen LogP contribution in [0.5, 0.6) is 0 Å². The summed E-state index contributed by atoms with van der Waals surface area (Å²) in [7, 11) is 0. The van der Waals surface area contributed by atoms with Gasteiger partial charge in [0.25, 0.3) is 0 Å². The van der Waals surface area contributed by atoms with Gasteiger partial charge in [-0.3, -0.25) is 4.79 Å². The van der Waals surface area contributed by atoms with E-state index in [2.05, 4.69) is 42.6 Å². The van der Waals surface area contributed by atoms with Gasteiger partial charge in [-0.2, -0.15) is 4.98 Å². The summed E-state index contributed by atoms with van der Waals surface area (Å²) in [5, 5.41) is 6.03. The SMILES string of the molecule is CC(=O)Nc1cc(C)cc(Nc2ncnc(N3CCC(OCc4ccccc4)CC3)n2)c1. The van der Waals surface area contributed by atoms with E-state index in [0.717, 1.165) is 42.9 Å². The van der Waals surface area contributed by atoms with Crippen molar-refractivity contribution in [3.8, 4) is 0 Å². The Morgan fingerprint density at radius 3 is 2.59 bits per heavy atom. The topological polar surface area (TPSA) is 92.3 Å². The van der Waals surface area contributed by atoms with E-state index in [9.17, 15) is 4.79 Å². The first-order valence-corrected chi connectivity index (χ1v) is 10.8. The van der Waals surface area contributed by atoms with Gasteiger partial charge < -0.3 is 20.3 Å². The molecule has 0 atom stereocenters. The molecule has 8 heteroatoms. The Kier molecular flexibility index (Phi) is 6.91. The zero-order valence-electron chi connectivity index (χ0n) is 18.4. The number of amides is 1. The number of hydrogen-bond acceptors (Lipinski definition) is 7. The average Bonchev–Trinajstić information content (AvgIpc) is 2.78. The molecule has 1 aliphatic heterocycles. The van der Waals surface area contributed by atoms with Gasteiger partial charge in [-0.15, -0.1) is 0 Å². The zero-order chi connectivity index (χ0) is 22.3. The summed E-state index contributed by atoms with van der Waals surface area (Å²) in [6, 6.07) is 16.0. The number of carbonyl (C=O) groups excluding carboxylic acids is 1. The maximum atomic E-state index is 11.4. The number of aryl methyl sites for hydroxylation is 1. The van der Waals surface area contributed by atoms with Gasteiger partial charge in [0.2, 0.25) is 17.8 Å². The Labute approximate surface area is 188 Å². The molecule has 1 aliphatic rings. The molecular weight excluding hydrogens is 404 g/mol. The lowest BCUT2D eigenvalue weighted by Gasteiger charge is -2.31. The van der Waals surface area contributed by atoms with Gasteiger partial charge in [0.15, 0.2) is 0 Å². The van der Waals surface area contributed by atoms with Crippen LogP contribution in [0.4, 0.5) is 23.3 Å². The smallest absolute Gasteiger partial charge is 0.232 e. The molecule has 2 aromatic carbocycles. The minimum absolute atomic E-state index is 0.111. The van der Waals surface area contributed by atoms with Crippen LogP contribution in [-0.2, 0) is 16.1 Å². The van der Waals surface area contributed by atoms with Crippen LogP contribution in [-0.4, -0.2) is 40.1 Å². The standard InChI is InChI=1S/C24H28N6O2/c1-17-12-20(27-18(2)31)14-21(13-17)28-23-25-16-26-24(29-23)30-10-8-22(9-11-30)32-15-19-6-4-3-5-7-19/h3-7,12-14,16,22H,8-11,15H2,1-2H3,(H,27,31)(H,25,26,28,29). The predicted octanol–water partition coefficient (Wildman–Crippen LogP) is 4.07. The van der Waals surface area contributed by atoms with Crippen LogP contribution >= 0.6 is 0 Å². The van der Waals surface area contributed by atoms with Crippen LogP contribution in [0.15, 0.2) is 54.9 Å². The molecule has 2 heterocycles. The van der Waals surface area contributed by atoms with Gasteiger partial charge in [0.05, 0.1) is 12.7 Å². The van der Waals surface area contributed by atoms with Gasteiger partial charge in [-0.25, -0.2) is 9.97 Å². The molecule has 0 aliphatic carbocycles. The minimum atomic E-state index is -0.111. The number of nitrogens with zero attached hydrogens (tertiary/aromatic N) is 4. The summed E-state index contributed by atoms with van der Waals surface area (Å²) in [5.41, 5.74) is 3.75. The van der Waals surface area contributed by atoms with E-state index in [0.29, 0.717) is 18.5 Å². The van der Waals surface area contributed by atoms with Gasteiger partial charge in [-0.05, 0) is 49.1 Å². The number of hydrogen-bond donors (Lipinski definition) is 2. The summed E-state index contributed by atoms with van der Waals surface area (Å²) in [5.74, 6) is 1.01. The number of rotatable bonds is 7. The second-order valence-corrected chi connectivity index (χ2v) is 7.99. The number of benzene rings is 2. The second kappa shape index (κ2) is 10.2. The molecule has 1 fully saturated rings. The monoisotopic (exact) mass is 432 g/mol. The molecule has 2 N–H and O–H groups in total. The van der Waals surface area contributed by atoms with Crippen LogP contribution in [0.1, 0.15) is 30.9 Å². The number of piperidine rings is 1. The predicted molar refractivity (Wildman–Crippen MR) is 125 cm³/mol. The lowest BCUT2D eigenvalue weighted by Crippen LogP contribution is -2.38. The number of ether oxygens (including phenoxy) is 1. The fourth-order valence-electron chi connectivity index (χ4n) is 3.77. The molecule has 166 valence electrons. The molecule has 1 amide bonds. The molecule has 0 bridgehead atoms. The zero-order valence-corrected chi connectivity index (χ0v) is 18.4. The highest BCUT2D eigenvalue weighted by atomic mass is 16.5. The molecule has 3 aromatic rings. The average molecular weight is 433 g/mol. The molecular formula is C24H28N6O2. The van der Waals surface area contributed by atoms with Crippen molar-refractivity contribution in [1.29, 1.82) is 0 Å². The fourth-order valence-corrected chi connectivity index (χ4v) is 3.77. The van der Waals surface area contributed by atoms with Crippen LogP contribution in [0.3, 0.4) is 0 Å². The first-order chi connectivity index (χ1) is 15.5. The van der Waals surface area contributed by atoms with Crippen molar-refractivity contribution in [2.24, 2.45) is 0 Å². The van der Waals surface area contributed by atoms with Crippen LogP contribution in [0, 0.1) is 6.92 Å². The van der Waals surface area contributed by atoms with Crippen LogP contribution in [0.2, 0.25) is 0 Å². The summed E-state index contributed by atoms with van der Waals surface area (Å²) in [4.78, 5) is 26.7. The van der Waals surface area contributed by atoms with E-state index in [4.69, 9.17) is 4.74 Å². The largest absolute Gasteiger partial charge is 0.373 e. The highest BCUT2D eigenvalue weighted by molar-refractivity contribution is 5.89. The van der Waals surface area contributed by atoms with Crippen molar-refractivity contribution >= 4 is 29.2 Å². The molecule has 4 rings (SSSR count). The molecule has 0 spiro atoms. The third kappa shape index (κ3) is 6.01. The second-order valence-electron chi connectivity index (χ2n) is 7.99. The summed E-state index contributed by atoms with van der Waals surface area (Å²) >= 11 is 0. The third-order valence-electron chi connectivity index (χ3n) is 5.27. The summed E-state index contributed by atoms with van der Waals surface area (Å²) in [6.07, 6.45) is 3.62. The molecule has 0 radical (unpaired) electrons. The van der Waals surface area contributed by atoms with E-state index in [1.807, 2.05) is 43.3 Å². The fraction of sp³-hybridized carbons (Fsp3) is 0.333. The number of carbonyl (C=O) groups is 1. The maximum Gasteiger partial charge on any atom is 0.232 e. The van der Waals surface area contributed by atoms with Crippen molar-refractivity contribution in [2.75, 3.05) is 28.6 Å². The van der Waals surface area contributed by atoms with Gasteiger partial charge in [-0.1, -0.05) is 30.3 Å². The normalized spacial score (nSPS) is 14.2.